The number of amides is 1. The molecule has 2 fully saturated rings. The number of nitrogens with one attached hydrogen (secondary N) is 2. The van der Waals surface area contributed by atoms with E-state index in [1.807, 2.05) is 11.8 Å². The van der Waals surface area contributed by atoms with Crippen molar-refractivity contribution in [1.29, 1.82) is 0 Å². The van der Waals surface area contributed by atoms with Gasteiger partial charge in [-0.3, -0.25) is 4.79 Å². The molecule has 0 radical (unpaired) electrons. The molecule has 0 aromatic carbocycles. The van der Waals surface area contributed by atoms with Crippen LogP contribution in [0.15, 0.2) is 0 Å². The molecule has 2 atom stereocenters. The Bertz CT molecular complexity index is 277. The molecule has 98 valence electrons. The average Bonchev–Trinajstić information content (AvgIpc) is 2.78. The van der Waals surface area contributed by atoms with Gasteiger partial charge in [0.2, 0.25) is 5.91 Å². The number of hydrogen-bond acceptors (Lipinski definition) is 3. The van der Waals surface area contributed by atoms with Crippen molar-refractivity contribution in [3.8, 4) is 0 Å². The summed E-state index contributed by atoms with van der Waals surface area (Å²) in [4.78, 5) is 12.3. The molecule has 1 aliphatic heterocycles. The number of piperidine rings is 1. The Morgan fingerprint density at radius 3 is 2.65 bits per heavy atom. The second-order valence-electron chi connectivity index (χ2n) is 5.65. The Kier molecular flexibility index (Phi) is 4.36. The second kappa shape index (κ2) is 5.61. The molecule has 0 bridgehead atoms. The largest absolute Gasteiger partial charge is 0.353 e. The van der Waals surface area contributed by atoms with Gasteiger partial charge in [0, 0.05) is 16.7 Å². The summed E-state index contributed by atoms with van der Waals surface area (Å²) in [6, 6.07) is 0.423. The molecule has 1 heterocycles. The van der Waals surface area contributed by atoms with E-state index in [1.54, 1.807) is 0 Å². The first-order valence-electron chi connectivity index (χ1n) is 6.68. The van der Waals surface area contributed by atoms with Crippen LogP contribution in [0.3, 0.4) is 0 Å². The van der Waals surface area contributed by atoms with Gasteiger partial charge in [0.15, 0.2) is 0 Å². The molecule has 0 spiro atoms. The highest BCUT2D eigenvalue weighted by atomic mass is 32.2. The van der Waals surface area contributed by atoms with Crippen LogP contribution in [0, 0.1) is 5.41 Å². The molecule has 0 aromatic rings. The fraction of sp³-hybridized carbons (Fsp3) is 0.923. The predicted octanol–water partition coefficient (Wildman–Crippen LogP) is 1.78. The normalized spacial score (nSPS) is 32.4. The summed E-state index contributed by atoms with van der Waals surface area (Å²) < 4.78 is 0. The van der Waals surface area contributed by atoms with E-state index < -0.39 is 0 Å². The molecule has 3 nitrogen and oxygen atoms in total. The van der Waals surface area contributed by atoms with E-state index in [9.17, 15) is 4.79 Å². The van der Waals surface area contributed by atoms with Gasteiger partial charge in [-0.05, 0) is 51.4 Å². The summed E-state index contributed by atoms with van der Waals surface area (Å²) in [6.07, 6.45) is 7.68. The minimum absolute atomic E-state index is 0.136. The Labute approximate surface area is 108 Å². The maximum Gasteiger partial charge on any atom is 0.226 e. The fourth-order valence-electron chi connectivity index (χ4n) is 2.85. The number of carbonyl (C=O) groups is 1. The minimum atomic E-state index is -0.136. The number of hydrogen-bond donors (Lipinski definition) is 2. The Balaban J connectivity index is 1.84. The highest BCUT2D eigenvalue weighted by Crippen LogP contribution is 2.31. The lowest BCUT2D eigenvalue weighted by Crippen LogP contribution is -2.48. The van der Waals surface area contributed by atoms with Gasteiger partial charge in [0.05, 0.1) is 0 Å². The van der Waals surface area contributed by atoms with Crippen LogP contribution in [0.25, 0.3) is 0 Å². The van der Waals surface area contributed by atoms with Crippen LogP contribution in [0.1, 0.15) is 39.0 Å². The topological polar surface area (TPSA) is 41.1 Å². The summed E-state index contributed by atoms with van der Waals surface area (Å²) in [7, 11) is 0. The van der Waals surface area contributed by atoms with Gasteiger partial charge in [0.25, 0.3) is 0 Å². The maximum absolute atomic E-state index is 12.3. The van der Waals surface area contributed by atoms with E-state index in [0.29, 0.717) is 6.04 Å². The smallest absolute Gasteiger partial charge is 0.226 e. The van der Waals surface area contributed by atoms with Gasteiger partial charge in [-0.15, -0.1) is 0 Å². The molecule has 1 aliphatic carbocycles. The van der Waals surface area contributed by atoms with E-state index in [1.165, 1.54) is 6.42 Å². The van der Waals surface area contributed by atoms with Crippen LogP contribution in [0.5, 0.6) is 0 Å². The minimum Gasteiger partial charge on any atom is -0.353 e. The van der Waals surface area contributed by atoms with Gasteiger partial charge < -0.3 is 10.6 Å². The SMILES string of the molecule is CSC1CCC(NC(=O)C2(C)CCNCC2)C1. The lowest BCUT2D eigenvalue weighted by molar-refractivity contribution is -0.132. The van der Waals surface area contributed by atoms with Crippen LogP contribution in [0.4, 0.5) is 0 Å². The third-order valence-electron chi connectivity index (χ3n) is 4.31. The lowest BCUT2D eigenvalue weighted by Gasteiger charge is -2.33. The van der Waals surface area contributed by atoms with Gasteiger partial charge in [0.1, 0.15) is 0 Å². The molecule has 1 saturated carbocycles. The van der Waals surface area contributed by atoms with Crippen LogP contribution < -0.4 is 10.6 Å². The first-order chi connectivity index (χ1) is 8.14. The Morgan fingerprint density at radius 2 is 2.06 bits per heavy atom. The molecule has 1 saturated heterocycles. The maximum atomic E-state index is 12.3. The lowest BCUT2D eigenvalue weighted by atomic mass is 9.80. The third-order valence-corrected chi connectivity index (χ3v) is 5.40. The van der Waals surface area contributed by atoms with E-state index >= 15 is 0 Å². The fourth-order valence-corrected chi connectivity index (χ4v) is 3.65. The molecule has 4 heteroatoms. The highest BCUT2D eigenvalue weighted by molar-refractivity contribution is 7.99. The van der Waals surface area contributed by atoms with Crippen molar-refractivity contribution in [3.05, 3.63) is 0 Å². The zero-order valence-corrected chi connectivity index (χ0v) is 11.7. The van der Waals surface area contributed by atoms with Gasteiger partial charge in [-0.25, -0.2) is 0 Å². The van der Waals surface area contributed by atoms with Crippen molar-refractivity contribution in [3.63, 3.8) is 0 Å². The second-order valence-corrected chi connectivity index (χ2v) is 6.79. The standard InChI is InChI=1S/C13H24N2OS/c1-13(5-7-14-8-6-13)12(16)15-10-3-4-11(9-10)17-2/h10-11,14H,3-9H2,1-2H3,(H,15,16). The molecular weight excluding hydrogens is 232 g/mol. The first kappa shape index (κ1) is 13.2. The van der Waals surface area contributed by atoms with Crippen LogP contribution >= 0.6 is 11.8 Å². The molecule has 0 aromatic heterocycles. The molecule has 17 heavy (non-hydrogen) atoms. The number of carbonyl (C=O) groups excluding carboxylic acids is 1. The Morgan fingerprint density at radius 1 is 1.35 bits per heavy atom. The molecular formula is C13H24N2OS. The molecule has 2 rings (SSSR count). The van der Waals surface area contributed by atoms with Crippen molar-refractivity contribution in [2.45, 2.75) is 50.3 Å². The van der Waals surface area contributed by atoms with Crippen molar-refractivity contribution in [1.82, 2.24) is 10.6 Å². The van der Waals surface area contributed by atoms with Gasteiger partial charge in [-0.2, -0.15) is 11.8 Å². The van der Waals surface area contributed by atoms with Crippen LogP contribution in [0.2, 0.25) is 0 Å². The first-order valence-corrected chi connectivity index (χ1v) is 7.97. The zero-order valence-electron chi connectivity index (χ0n) is 10.9. The molecule has 2 unspecified atom stereocenters. The Hall–Kier alpha value is -0.220. The highest BCUT2D eigenvalue weighted by Gasteiger charge is 2.36. The van der Waals surface area contributed by atoms with Gasteiger partial charge in [-0.1, -0.05) is 6.92 Å². The third kappa shape index (κ3) is 3.16. The summed E-state index contributed by atoms with van der Waals surface area (Å²) in [5, 5.41) is 7.35. The van der Waals surface area contributed by atoms with Gasteiger partial charge >= 0.3 is 0 Å². The van der Waals surface area contributed by atoms with E-state index in [4.69, 9.17) is 0 Å². The summed E-state index contributed by atoms with van der Waals surface area (Å²) in [5.41, 5.74) is -0.136. The number of thioether (sulfide) groups is 1. The summed E-state index contributed by atoms with van der Waals surface area (Å²) >= 11 is 1.94. The molecule has 2 aliphatic rings. The summed E-state index contributed by atoms with van der Waals surface area (Å²) in [6.45, 7) is 4.06. The van der Waals surface area contributed by atoms with Crippen molar-refractivity contribution < 1.29 is 4.79 Å². The predicted molar refractivity (Wildman–Crippen MR) is 73.3 cm³/mol. The van der Waals surface area contributed by atoms with E-state index in [-0.39, 0.29) is 11.3 Å². The quantitative estimate of drug-likeness (QED) is 0.809. The monoisotopic (exact) mass is 256 g/mol. The van der Waals surface area contributed by atoms with E-state index in [0.717, 1.165) is 44.0 Å². The number of rotatable bonds is 3. The molecule has 1 amide bonds. The average molecular weight is 256 g/mol. The summed E-state index contributed by atoms with van der Waals surface area (Å²) in [5.74, 6) is 0.283. The zero-order chi connectivity index (χ0) is 12.3. The van der Waals surface area contributed by atoms with Crippen molar-refractivity contribution >= 4 is 17.7 Å². The van der Waals surface area contributed by atoms with Crippen molar-refractivity contribution in [2.75, 3.05) is 19.3 Å². The molecule has 2 N–H and O–H groups in total. The van der Waals surface area contributed by atoms with Crippen molar-refractivity contribution in [2.24, 2.45) is 5.41 Å². The van der Waals surface area contributed by atoms with Crippen LogP contribution in [-0.4, -0.2) is 36.5 Å². The van der Waals surface area contributed by atoms with E-state index in [2.05, 4.69) is 23.8 Å². The van der Waals surface area contributed by atoms with Crippen LogP contribution in [-0.2, 0) is 4.79 Å².